The van der Waals surface area contributed by atoms with Gasteiger partial charge in [0.25, 0.3) is 5.91 Å². The Morgan fingerprint density at radius 1 is 1.48 bits per heavy atom. The molecule has 23 heavy (non-hydrogen) atoms. The third kappa shape index (κ3) is 5.44. The molecule has 0 aliphatic carbocycles. The Hall–Kier alpha value is -1.73. The molecule has 0 saturated carbocycles. The zero-order valence-corrected chi connectivity index (χ0v) is 13.9. The van der Waals surface area contributed by atoms with Gasteiger partial charge in [0, 0.05) is 18.2 Å². The van der Waals surface area contributed by atoms with Crippen molar-refractivity contribution >= 4 is 29.3 Å². The van der Waals surface area contributed by atoms with E-state index >= 15 is 0 Å². The molecule has 0 aromatic heterocycles. The van der Waals surface area contributed by atoms with Gasteiger partial charge in [0.2, 0.25) is 5.91 Å². The first-order valence-electron chi connectivity index (χ1n) is 7.57. The van der Waals surface area contributed by atoms with Crippen LogP contribution in [-0.4, -0.2) is 48.2 Å². The molecule has 1 atom stereocenters. The summed E-state index contributed by atoms with van der Waals surface area (Å²) in [5.41, 5.74) is 1.81. The van der Waals surface area contributed by atoms with E-state index in [1.165, 1.54) is 0 Å². The van der Waals surface area contributed by atoms with Crippen molar-refractivity contribution in [1.29, 1.82) is 0 Å². The number of carbonyl (C=O) groups excluding carboxylic acids is 2. The van der Waals surface area contributed by atoms with Crippen LogP contribution in [-0.2, 0) is 16.0 Å². The zero-order chi connectivity index (χ0) is 16.7. The van der Waals surface area contributed by atoms with Crippen LogP contribution in [0.2, 0.25) is 0 Å². The lowest BCUT2D eigenvalue weighted by molar-refractivity contribution is -0.124. The van der Waals surface area contributed by atoms with E-state index in [-0.39, 0.29) is 31.1 Å². The normalized spacial score (nSPS) is 14.6. The lowest BCUT2D eigenvalue weighted by Gasteiger charge is -2.18. The Labute approximate surface area is 140 Å². The highest BCUT2D eigenvalue weighted by Gasteiger charge is 2.16. The number of anilines is 1. The van der Waals surface area contributed by atoms with Crippen LogP contribution in [0.4, 0.5) is 5.69 Å². The molecule has 6 nitrogen and oxygen atoms in total. The van der Waals surface area contributed by atoms with Gasteiger partial charge in [0.15, 0.2) is 6.61 Å². The van der Waals surface area contributed by atoms with E-state index in [0.717, 1.165) is 23.4 Å². The average Bonchev–Trinajstić information content (AvgIpc) is 2.56. The molecule has 2 rings (SSSR count). The third-order valence-corrected chi connectivity index (χ3v) is 4.25. The van der Waals surface area contributed by atoms with Crippen molar-refractivity contribution in [3.05, 3.63) is 23.8 Å². The van der Waals surface area contributed by atoms with Crippen LogP contribution in [0.25, 0.3) is 0 Å². The summed E-state index contributed by atoms with van der Waals surface area (Å²) in [7, 11) is 0. The second-order valence-corrected chi connectivity index (χ2v) is 6.37. The molecule has 7 heteroatoms. The van der Waals surface area contributed by atoms with Crippen molar-refractivity contribution < 1.29 is 19.4 Å². The molecule has 0 bridgehead atoms. The second kappa shape index (κ2) is 8.79. The van der Waals surface area contributed by atoms with Gasteiger partial charge < -0.3 is 20.5 Å². The van der Waals surface area contributed by atoms with Crippen LogP contribution in [0.15, 0.2) is 18.2 Å². The van der Waals surface area contributed by atoms with Crippen LogP contribution in [0.5, 0.6) is 5.75 Å². The number of rotatable bonds is 8. The van der Waals surface area contributed by atoms with E-state index < -0.39 is 0 Å². The number of ether oxygens (including phenoxy) is 1. The largest absolute Gasteiger partial charge is 0.484 e. The molecule has 0 saturated heterocycles. The van der Waals surface area contributed by atoms with Crippen molar-refractivity contribution in [2.24, 2.45) is 0 Å². The van der Waals surface area contributed by atoms with Crippen molar-refractivity contribution in [1.82, 2.24) is 5.32 Å². The molecule has 0 spiro atoms. The molecule has 1 aliphatic heterocycles. The molecule has 126 valence electrons. The van der Waals surface area contributed by atoms with Crippen LogP contribution in [0, 0.1) is 0 Å². The number of nitrogens with one attached hydrogen (secondary N) is 2. The van der Waals surface area contributed by atoms with Gasteiger partial charge in [-0.1, -0.05) is 6.07 Å². The van der Waals surface area contributed by atoms with Gasteiger partial charge in [-0.3, -0.25) is 9.59 Å². The third-order valence-electron chi connectivity index (χ3n) is 3.60. The fourth-order valence-corrected chi connectivity index (χ4v) is 2.85. The Morgan fingerprint density at radius 2 is 2.30 bits per heavy atom. The number of hydrogen-bond acceptors (Lipinski definition) is 5. The maximum Gasteiger partial charge on any atom is 0.258 e. The number of hydrogen-bond donors (Lipinski definition) is 3. The minimum absolute atomic E-state index is 0.00743. The number of fused-ring (bicyclic) bond motifs is 1. The summed E-state index contributed by atoms with van der Waals surface area (Å²) in [5, 5.41) is 14.8. The Balaban J connectivity index is 1.84. The fourth-order valence-electron chi connectivity index (χ4n) is 2.33. The number of benzene rings is 1. The Bertz CT molecular complexity index is 565. The number of amides is 2. The van der Waals surface area contributed by atoms with Crippen molar-refractivity contribution in [2.45, 2.75) is 25.3 Å². The van der Waals surface area contributed by atoms with E-state index in [2.05, 4.69) is 10.6 Å². The molecule has 0 fully saturated rings. The molecular weight excluding hydrogens is 316 g/mol. The van der Waals surface area contributed by atoms with Gasteiger partial charge in [-0.2, -0.15) is 11.8 Å². The summed E-state index contributed by atoms with van der Waals surface area (Å²) in [6.45, 7) is -0.209. The first-order valence-corrected chi connectivity index (χ1v) is 8.96. The van der Waals surface area contributed by atoms with E-state index in [4.69, 9.17) is 4.74 Å². The minimum Gasteiger partial charge on any atom is -0.484 e. The highest BCUT2D eigenvalue weighted by atomic mass is 32.2. The van der Waals surface area contributed by atoms with Crippen molar-refractivity contribution in [3.8, 4) is 5.75 Å². The number of carbonyl (C=O) groups is 2. The summed E-state index contributed by atoms with van der Waals surface area (Å²) in [6, 6.07) is 5.18. The molecule has 1 aromatic rings. The number of aliphatic hydroxyl groups is 1. The first kappa shape index (κ1) is 17.6. The first-order chi connectivity index (χ1) is 11.1. The quantitative estimate of drug-likeness (QED) is 0.662. The predicted molar refractivity (Wildman–Crippen MR) is 90.9 cm³/mol. The molecule has 1 unspecified atom stereocenters. The van der Waals surface area contributed by atoms with E-state index in [1.807, 2.05) is 12.3 Å². The topological polar surface area (TPSA) is 87.7 Å². The van der Waals surface area contributed by atoms with E-state index in [1.54, 1.807) is 23.9 Å². The summed E-state index contributed by atoms with van der Waals surface area (Å²) in [4.78, 5) is 23.3. The van der Waals surface area contributed by atoms with Gasteiger partial charge in [0.1, 0.15) is 5.75 Å². The number of aryl methyl sites for hydroxylation is 1. The van der Waals surface area contributed by atoms with Gasteiger partial charge in [-0.05, 0) is 36.5 Å². The molecule has 1 aromatic carbocycles. The Morgan fingerprint density at radius 3 is 3.04 bits per heavy atom. The summed E-state index contributed by atoms with van der Waals surface area (Å²) in [6.07, 6.45) is 3.91. The van der Waals surface area contributed by atoms with E-state index in [0.29, 0.717) is 18.6 Å². The zero-order valence-electron chi connectivity index (χ0n) is 13.1. The van der Waals surface area contributed by atoms with Crippen molar-refractivity contribution in [2.75, 3.05) is 30.5 Å². The highest BCUT2D eigenvalue weighted by molar-refractivity contribution is 7.98. The minimum atomic E-state index is -0.271. The lowest BCUT2D eigenvalue weighted by atomic mass is 10.0. The second-order valence-electron chi connectivity index (χ2n) is 5.38. The van der Waals surface area contributed by atoms with E-state index in [9.17, 15) is 14.7 Å². The SMILES string of the molecule is CSCCC(CO)NC(=O)COc1ccc2c(c1)NC(=O)CC2. The predicted octanol–water partition coefficient (Wildman–Crippen LogP) is 1.18. The molecule has 1 aliphatic rings. The molecular formula is C16H22N2O4S. The van der Waals surface area contributed by atoms with Gasteiger partial charge >= 0.3 is 0 Å². The van der Waals surface area contributed by atoms with Gasteiger partial charge in [0.05, 0.1) is 12.6 Å². The molecule has 0 radical (unpaired) electrons. The van der Waals surface area contributed by atoms with Crippen LogP contribution in [0.3, 0.4) is 0 Å². The maximum absolute atomic E-state index is 11.9. The molecule has 3 N–H and O–H groups in total. The standard InChI is InChI=1S/C16H22N2O4S/c1-23-7-6-12(9-19)17-16(21)10-22-13-4-2-11-3-5-15(20)18-14(11)8-13/h2,4,8,12,19H,3,5-7,9-10H2,1H3,(H,17,21)(H,18,20). The summed E-state index contributed by atoms with van der Waals surface area (Å²) >= 11 is 1.67. The summed E-state index contributed by atoms with van der Waals surface area (Å²) < 4.78 is 5.47. The number of aliphatic hydroxyl groups excluding tert-OH is 1. The smallest absolute Gasteiger partial charge is 0.258 e. The molecule has 1 heterocycles. The highest BCUT2D eigenvalue weighted by Crippen LogP contribution is 2.27. The lowest BCUT2D eigenvalue weighted by Crippen LogP contribution is -2.40. The van der Waals surface area contributed by atoms with Crippen molar-refractivity contribution in [3.63, 3.8) is 0 Å². The fraction of sp³-hybridized carbons (Fsp3) is 0.500. The van der Waals surface area contributed by atoms with Gasteiger partial charge in [-0.25, -0.2) is 0 Å². The maximum atomic E-state index is 11.9. The summed E-state index contributed by atoms with van der Waals surface area (Å²) in [5.74, 6) is 1.13. The average molecular weight is 338 g/mol. The monoisotopic (exact) mass is 338 g/mol. The van der Waals surface area contributed by atoms with Crippen LogP contribution < -0.4 is 15.4 Å². The Kier molecular flexibility index (Phi) is 6.73. The number of thioether (sulfide) groups is 1. The van der Waals surface area contributed by atoms with Crippen LogP contribution in [0.1, 0.15) is 18.4 Å². The molecule has 2 amide bonds. The van der Waals surface area contributed by atoms with Crippen LogP contribution >= 0.6 is 11.8 Å². The van der Waals surface area contributed by atoms with Gasteiger partial charge in [-0.15, -0.1) is 0 Å².